The molecule has 16 heavy (non-hydrogen) atoms. The van der Waals surface area contributed by atoms with Crippen molar-refractivity contribution in [2.75, 3.05) is 19.7 Å². The lowest BCUT2D eigenvalue weighted by molar-refractivity contribution is 0.177. The van der Waals surface area contributed by atoms with Crippen molar-refractivity contribution in [1.82, 2.24) is 5.32 Å². The van der Waals surface area contributed by atoms with Crippen LogP contribution in [0.3, 0.4) is 0 Å². The van der Waals surface area contributed by atoms with Crippen LogP contribution in [0.1, 0.15) is 20.8 Å². The van der Waals surface area contributed by atoms with Gasteiger partial charge in [-0.1, -0.05) is 42.8 Å². The second-order valence-electron chi connectivity index (χ2n) is 4.69. The van der Waals surface area contributed by atoms with E-state index in [2.05, 4.69) is 42.0 Å². The molecule has 0 saturated carbocycles. The zero-order valence-corrected chi connectivity index (χ0v) is 11.8. The second-order valence-corrected chi connectivity index (χ2v) is 5.61. The molecule has 0 atom stereocenters. The SMILES string of the molecule is CCNCC(C)(C)COc1cccc(Br)c1. The third-order valence-corrected chi connectivity index (χ3v) is 2.77. The number of rotatable bonds is 6. The molecular formula is C13H20BrNO. The third-order valence-electron chi connectivity index (χ3n) is 2.28. The highest BCUT2D eigenvalue weighted by Crippen LogP contribution is 2.21. The van der Waals surface area contributed by atoms with Gasteiger partial charge in [0.15, 0.2) is 0 Å². The summed E-state index contributed by atoms with van der Waals surface area (Å²) in [5, 5.41) is 3.35. The Morgan fingerprint density at radius 3 is 2.75 bits per heavy atom. The van der Waals surface area contributed by atoms with Gasteiger partial charge in [0.1, 0.15) is 5.75 Å². The first kappa shape index (κ1) is 13.5. The standard InChI is InChI=1S/C13H20BrNO/c1-4-15-9-13(2,3)10-16-12-7-5-6-11(14)8-12/h5-8,15H,4,9-10H2,1-3H3. The van der Waals surface area contributed by atoms with Gasteiger partial charge in [0.25, 0.3) is 0 Å². The van der Waals surface area contributed by atoms with Gasteiger partial charge in [-0.2, -0.15) is 0 Å². The highest BCUT2D eigenvalue weighted by molar-refractivity contribution is 9.10. The summed E-state index contributed by atoms with van der Waals surface area (Å²) in [7, 11) is 0. The molecule has 1 aromatic rings. The highest BCUT2D eigenvalue weighted by atomic mass is 79.9. The molecule has 0 aliphatic heterocycles. The van der Waals surface area contributed by atoms with Crippen LogP contribution in [-0.4, -0.2) is 19.7 Å². The fourth-order valence-electron chi connectivity index (χ4n) is 1.35. The molecule has 0 aromatic heterocycles. The van der Waals surface area contributed by atoms with Gasteiger partial charge in [-0.15, -0.1) is 0 Å². The van der Waals surface area contributed by atoms with Crippen LogP contribution in [0, 0.1) is 5.41 Å². The zero-order valence-electron chi connectivity index (χ0n) is 10.2. The normalized spacial score (nSPS) is 11.5. The summed E-state index contributed by atoms with van der Waals surface area (Å²) in [6, 6.07) is 7.95. The molecule has 0 bridgehead atoms. The number of halogens is 1. The first-order valence-electron chi connectivity index (χ1n) is 5.62. The van der Waals surface area contributed by atoms with E-state index in [1.807, 2.05) is 24.3 Å². The van der Waals surface area contributed by atoms with Gasteiger partial charge >= 0.3 is 0 Å². The van der Waals surface area contributed by atoms with Crippen LogP contribution in [0.4, 0.5) is 0 Å². The predicted molar refractivity (Wildman–Crippen MR) is 72.0 cm³/mol. The summed E-state index contributed by atoms with van der Waals surface area (Å²) in [6.45, 7) is 9.21. The summed E-state index contributed by atoms with van der Waals surface area (Å²) in [5.74, 6) is 0.916. The van der Waals surface area contributed by atoms with Crippen molar-refractivity contribution in [2.24, 2.45) is 5.41 Å². The summed E-state index contributed by atoms with van der Waals surface area (Å²) >= 11 is 3.43. The first-order valence-corrected chi connectivity index (χ1v) is 6.42. The fraction of sp³-hybridized carbons (Fsp3) is 0.538. The minimum atomic E-state index is 0.151. The first-order chi connectivity index (χ1) is 7.53. The van der Waals surface area contributed by atoms with Gasteiger partial charge in [-0.3, -0.25) is 0 Å². The number of nitrogens with one attached hydrogen (secondary N) is 1. The van der Waals surface area contributed by atoms with Crippen molar-refractivity contribution in [2.45, 2.75) is 20.8 Å². The Balaban J connectivity index is 2.44. The average molecular weight is 286 g/mol. The predicted octanol–water partition coefficient (Wildman–Crippen LogP) is 3.46. The molecule has 0 spiro atoms. The Bertz CT molecular complexity index is 325. The number of benzene rings is 1. The van der Waals surface area contributed by atoms with Gasteiger partial charge in [-0.05, 0) is 24.7 Å². The lowest BCUT2D eigenvalue weighted by Crippen LogP contribution is -2.34. The van der Waals surface area contributed by atoms with E-state index in [0.717, 1.165) is 29.9 Å². The molecule has 0 unspecified atom stereocenters. The van der Waals surface area contributed by atoms with Gasteiger partial charge in [-0.25, -0.2) is 0 Å². The Morgan fingerprint density at radius 2 is 2.12 bits per heavy atom. The van der Waals surface area contributed by atoms with Crippen molar-refractivity contribution in [3.8, 4) is 5.75 Å². The molecule has 0 aliphatic carbocycles. The van der Waals surface area contributed by atoms with Gasteiger partial charge in [0, 0.05) is 16.4 Å². The molecule has 0 saturated heterocycles. The minimum Gasteiger partial charge on any atom is -0.493 e. The summed E-state index contributed by atoms with van der Waals surface area (Å²) in [4.78, 5) is 0. The molecule has 1 rings (SSSR count). The number of ether oxygens (including phenoxy) is 1. The van der Waals surface area contributed by atoms with Crippen molar-refractivity contribution in [3.05, 3.63) is 28.7 Å². The molecule has 0 aliphatic rings. The second kappa shape index (κ2) is 6.26. The van der Waals surface area contributed by atoms with E-state index in [-0.39, 0.29) is 5.41 Å². The molecule has 1 aromatic carbocycles. The van der Waals surface area contributed by atoms with Gasteiger partial charge in [0.2, 0.25) is 0 Å². The fourth-order valence-corrected chi connectivity index (χ4v) is 1.73. The number of hydrogen-bond donors (Lipinski definition) is 1. The maximum Gasteiger partial charge on any atom is 0.120 e. The van der Waals surface area contributed by atoms with Crippen molar-refractivity contribution >= 4 is 15.9 Å². The number of hydrogen-bond acceptors (Lipinski definition) is 2. The Morgan fingerprint density at radius 1 is 1.38 bits per heavy atom. The molecule has 2 nitrogen and oxygen atoms in total. The zero-order chi connectivity index (χ0) is 12.0. The van der Waals surface area contributed by atoms with Crippen molar-refractivity contribution in [1.29, 1.82) is 0 Å². The molecular weight excluding hydrogens is 266 g/mol. The average Bonchev–Trinajstić information content (AvgIpc) is 2.24. The maximum absolute atomic E-state index is 5.78. The topological polar surface area (TPSA) is 21.3 Å². The Kier molecular flexibility index (Phi) is 5.29. The molecule has 0 amide bonds. The van der Waals surface area contributed by atoms with Crippen LogP contribution in [0.5, 0.6) is 5.75 Å². The largest absolute Gasteiger partial charge is 0.493 e. The molecule has 1 N–H and O–H groups in total. The highest BCUT2D eigenvalue weighted by Gasteiger charge is 2.18. The smallest absolute Gasteiger partial charge is 0.120 e. The van der Waals surface area contributed by atoms with Crippen LogP contribution in [0.2, 0.25) is 0 Å². The van der Waals surface area contributed by atoms with E-state index >= 15 is 0 Å². The molecule has 0 fully saturated rings. The molecule has 90 valence electrons. The maximum atomic E-state index is 5.78. The molecule has 0 radical (unpaired) electrons. The van der Waals surface area contributed by atoms with Crippen LogP contribution >= 0.6 is 15.9 Å². The van der Waals surface area contributed by atoms with Crippen LogP contribution < -0.4 is 10.1 Å². The summed E-state index contributed by atoms with van der Waals surface area (Å²) in [6.07, 6.45) is 0. The van der Waals surface area contributed by atoms with Crippen LogP contribution in [0.25, 0.3) is 0 Å². The quantitative estimate of drug-likeness (QED) is 0.864. The van der Waals surface area contributed by atoms with E-state index in [0.29, 0.717) is 0 Å². The third kappa shape index (κ3) is 4.99. The molecule has 0 heterocycles. The monoisotopic (exact) mass is 285 g/mol. The van der Waals surface area contributed by atoms with E-state index < -0.39 is 0 Å². The van der Waals surface area contributed by atoms with Gasteiger partial charge < -0.3 is 10.1 Å². The minimum absolute atomic E-state index is 0.151. The molecule has 3 heteroatoms. The van der Waals surface area contributed by atoms with Crippen molar-refractivity contribution in [3.63, 3.8) is 0 Å². The van der Waals surface area contributed by atoms with Gasteiger partial charge in [0.05, 0.1) is 6.61 Å². The summed E-state index contributed by atoms with van der Waals surface area (Å²) < 4.78 is 6.83. The lowest BCUT2D eigenvalue weighted by atomic mass is 9.95. The van der Waals surface area contributed by atoms with Crippen molar-refractivity contribution < 1.29 is 4.74 Å². The summed E-state index contributed by atoms with van der Waals surface area (Å²) in [5.41, 5.74) is 0.151. The van der Waals surface area contributed by atoms with E-state index in [9.17, 15) is 0 Å². The lowest BCUT2D eigenvalue weighted by Gasteiger charge is -2.25. The van der Waals surface area contributed by atoms with E-state index in [4.69, 9.17) is 4.74 Å². The van der Waals surface area contributed by atoms with Crippen LogP contribution in [0.15, 0.2) is 28.7 Å². The van der Waals surface area contributed by atoms with E-state index in [1.54, 1.807) is 0 Å². The Labute approximate surface area is 107 Å². The Hall–Kier alpha value is -0.540. The van der Waals surface area contributed by atoms with E-state index in [1.165, 1.54) is 0 Å². The van der Waals surface area contributed by atoms with Crippen LogP contribution in [-0.2, 0) is 0 Å².